The lowest BCUT2D eigenvalue weighted by molar-refractivity contribution is -0.119. The van der Waals surface area contributed by atoms with Gasteiger partial charge in [-0.3, -0.25) is 9.69 Å². The maximum absolute atomic E-state index is 11.0. The third-order valence-electron chi connectivity index (χ3n) is 4.88. The number of primary amides is 1. The van der Waals surface area contributed by atoms with Gasteiger partial charge >= 0.3 is 0 Å². The van der Waals surface area contributed by atoms with E-state index in [1.165, 1.54) is 11.1 Å². The number of amides is 1. The lowest BCUT2D eigenvalue weighted by Gasteiger charge is -2.51. The average Bonchev–Trinajstić information content (AvgIpc) is 2.63. The van der Waals surface area contributed by atoms with Crippen LogP contribution in [0.2, 0.25) is 0 Å². The highest BCUT2D eigenvalue weighted by atomic mass is 16.5. The minimum absolute atomic E-state index is 0.0428. The fourth-order valence-electron chi connectivity index (χ4n) is 3.64. The zero-order valence-electron chi connectivity index (χ0n) is 15.2. The van der Waals surface area contributed by atoms with Crippen LogP contribution in [0.15, 0.2) is 54.6 Å². The van der Waals surface area contributed by atoms with E-state index in [-0.39, 0.29) is 12.0 Å². The van der Waals surface area contributed by atoms with Crippen LogP contribution < -0.4 is 10.5 Å². The molecule has 5 heteroatoms. The average molecular weight is 354 g/mol. The monoisotopic (exact) mass is 354 g/mol. The molecule has 1 saturated heterocycles. The molecule has 138 valence electrons. The Bertz CT molecular complexity index is 727. The van der Waals surface area contributed by atoms with Crippen molar-refractivity contribution in [2.24, 2.45) is 5.73 Å². The van der Waals surface area contributed by atoms with Crippen molar-refractivity contribution < 1.29 is 14.3 Å². The molecule has 0 aliphatic carbocycles. The summed E-state index contributed by atoms with van der Waals surface area (Å²) in [6.07, 6.45) is 0.969. The molecule has 26 heavy (non-hydrogen) atoms. The van der Waals surface area contributed by atoms with Crippen molar-refractivity contribution in [3.8, 4) is 5.75 Å². The van der Waals surface area contributed by atoms with E-state index in [1.807, 2.05) is 24.3 Å². The second-order valence-corrected chi connectivity index (χ2v) is 6.93. The van der Waals surface area contributed by atoms with E-state index < -0.39 is 5.91 Å². The number of ether oxygens (including phenoxy) is 2. The molecule has 1 amide bonds. The fraction of sp³-hybridized carbons (Fsp3) is 0.381. The number of carbonyl (C=O) groups excluding carboxylic acids is 1. The molecule has 0 radical (unpaired) electrons. The maximum Gasteiger partial charge on any atom is 0.255 e. The number of hydrogen-bond acceptors (Lipinski definition) is 4. The summed E-state index contributed by atoms with van der Waals surface area (Å²) in [5.74, 6) is 0.216. The molecule has 3 rings (SSSR count). The molecule has 1 fully saturated rings. The molecule has 1 heterocycles. The van der Waals surface area contributed by atoms with Gasteiger partial charge in [0, 0.05) is 32.2 Å². The summed E-state index contributed by atoms with van der Waals surface area (Å²) in [6.45, 7) is 3.53. The first-order chi connectivity index (χ1) is 12.6. The van der Waals surface area contributed by atoms with E-state index in [2.05, 4.69) is 35.2 Å². The maximum atomic E-state index is 11.0. The highest BCUT2D eigenvalue weighted by molar-refractivity contribution is 5.75. The Kier molecular flexibility index (Phi) is 5.91. The zero-order chi connectivity index (χ0) is 18.4. The minimum Gasteiger partial charge on any atom is -0.484 e. The van der Waals surface area contributed by atoms with Crippen LogP contribution in [0.3, 0.4) is 0 Å². The van der Waals surface area contributed by atoms with Crippen LogP contribution in [0.25, 0.3) is 0 Å². The number of likely N-dealkylation sites (tertiary alicyclic amines) is 1. The zero-order valence-corrected chi connectivity index (χ0v) is 15.2. The number of carbonyl (C=O) groups is 1. The van der Waals surface area contributed by atoms with Crippen LogP contribution in [-0.4, -0.2) is 50.8 Å². The summed E-state index contributed by atoms with van der Waals surface area (Å²) in [5, 5.41) is 0. The molecule has 0 saturated carbocycles. The van der Waals surface area contributed by atoms with Crippen molar-refractivity contribution in [1.82, 2.24) is 4.90 Å². The standard InChI is InChI=1S/C21H26N2O3/c1-25-11-10-23-15-21(16-23,13-17-6-3-2-4-7-17)18-8-5-9-19(12-18)26-14-20(22)24/h2-9,12H,10-11,13-16H2,1H3,(H2,22,24). The van der Waals surface area contributed by atoms with Crippen LogP contribution >= 0.6 is 0 Å². The molecule has 1 aliphatic heterocycles. The number of nitrogens with two attached hydrogens (primary N) is 1. The molecule has 0 unspecified atom stereocenters. The molecular formula is C21H26N2O3. The molecule has 2 aromatic carbocycles. The van der Waals surface area contributed by atoms with Crippen LogP contribution in [0.4, 0.5) is 0 Å². The first-order valence-corrected chi connectivity index (χ1v) is 8.88. The molecule has 0 bridgehead atoms. The van der Waals surface area contributed by atoms with Gasteiger partial charge in [0.15, 0.2) is 6.61 Å². The Morgan fingerprint density at radius 3 is 2.62 bits per heavy atom. The fourth-order valence-corrected chi connectivity index (χ4v) is 3.64. The predicted molar refractivity (Wildman–Crippen MR) is 101 cm³/mol. The Hall–Kier alpha value is -2.37. The number of rotatable bonds is 9. The van der Waals surface area contributed by atoms with Gasteiger partial charge < -0.3 is 15.2 Å². The van der Waals surface area contributed by atoms with E-state index in [1.54, 1.807) is 7.11 Å². The van der Waals surface area contributed by atoms with Crippen LogP contribution in [-0.2, 0) is 21.4 Å². The van der Waals surface area contributed by atoms with Crippen LogP contribution in [0, 0.1) is 0 Å². The number of nitrogens with zero attached hydrogens (tertiary/aromatic N) is 1. The quantitative estimate of drug-likeness (QED) is 0.748. The van der Waals surface area contributed by atoms with Gasteiger partial charge in [0.25, 0.3) is 5.91 Å². The van der Waals surface area contributed by atoms with Crippen molar-refractivity contribution in [1.29, 1.82) is 0 Å². The van der Waals surface area contributed by atoms with E-state index >= 15 is 0 Å². The Morgan fingerprint density at radius 1 is 1.15 bits per heavy atom. The summed E-state index contributed by atoms with van der Waals surface area (Å²) in [6, 6.07) is 18.6. The molecule has 0 spiro atoms. The van der Waals surface area contributed by atoms with Gasteiger partial charge in [0.1, 0.15) is 5.75 Å². The minimum atomic E-state index is -0.469. The first-order valence-electron chi connectivity index (χ1n) is 8.88. The number of hydrogen-bond donors (Lipinski definition) is 1. The van der Waals surface area contributed by atoms with Gasteiger partial charge in [0.2, 0.25) is 0 Å². The first kappa shape index (κ1) is 18.4. The predicted octanol–water partition coefficient (Wildman–Crippen LogP) is 1.99. The Balaban J connectivity index is 1.80. The summed E-state index contributed by atoms with van der Waals surface area (Å²) in [7, 11) is 1.73. The van der Waals surface area contributed by atoms with Gasteiger partial charge in [-0.05, 0) is 29.7 Å². The summed E-state index contributed by atoms with van der Waals surface area (Å²) in [4.78, 5) is 13.4. The van der Waals surface area contributed by atoms with E-state index in [9.17, 15) is 4.79 Å². The number of benzene rings is 2. The summed E-state index contributed by atoms with van der Waals surface area (Å²) in [5.41, 5.74) is 7.78. The third kappa shape index (κ3) is 4.42. The Morgan fingerprint density at radius 2 is 1.92 bits per heavy atom. The van der Waals surface area contributed by atoms with Crippen molar-refractivity contribution in [2.75, 3.05) is 40.0 Å². The lowest BCUT2D eigenvalue weighted by Crippen LogP contribution is -2.61. The second kappa shape index (κ2) is 8.34. The smallest absolute Gasteiger partial charge is 0.255 e. The van der Waals surface area contributed by atoms with Crippen LogP contribution in [0.1, 0.15) is 11.1 Å². The molecule has 5 nitrogen and oxygen atoms in total. The van der Waals surface area contributed by atoms with Crippen molar-refractivity contribution >= 4 is 5.91 Å². The van der Waals surface area contributed by atoms with Gasteiger partial charge in [-0.2, -0.15) is 0 Å². The van der Waals surface area contributed by atoms with Crippen molar-refractivity contribution in [2.45, 2.75) is 11.8 Å². The highest BCUT2D eigenvalue weighted by Gasteiger charge is 2.44. The van der Waals surface area contributed by atoms with Gasteiger partial charge in [-0.15, -0.1) is 0 Å². The molecule has 0 aromatic heterocycles. The second-order valence-electron chi connectivity index (χ2n) is 6.93. The molecule has 2 N–H and O–H groups in total. The van der Waals surface area contributed by atoms with Gasteiger partial charge in [-0.1, -0.05) is 42.5 Å². The topological polar surface area (TPSA) is 64.8 Å². The summed E-state index contributed by atoms with van der Waals surface area (Å²) >= 11 is 0. The molecule has 2 aromatic rings. The van der Waals surface area contributed by atoms with Crippen molar-refractivity contribution in [3.63, 3.8) is 0 Å². The van der Waals surface area contributed by atoms with Crippen LogP contribution in [0.5, 0.6) is 5.75 Å². The summed E-state index contributed by atoms with van der Waals surface area (Å²) < 4.78 is 10.7. The molecule has 0 atom stereocenters. The molecular weight excluding hydrogens is 328 g/mol. The van der Waals surface area contributed by atoms with Gasteiger partial charge in [0.05, 0.1) is 6.61 Å². The normalized spacial score (nSPS) is 16.0. The van der Waals surface area contributed by atoms with E-state index in [0.29, 0.717) is 5.75 Å². The highest BCUT2D eigenvalue weighted by Crippen LogP contribution is 2.39. The van der Waals surface area contributed by atoms with Crippen molar-refractivity contribution in [3.05, 3.63) is 65.7 Å². The lowest BCUT2D eigenvalue weighted by atomic mass is 9.69. The van der Waals surface area contributed by atoms with E-state index in [4.69, 9.17) is 15.2 Å². The van der Waals surface area contributed by atoms with E-state index in [0.717, 1.165) is 32.7 Å². The van der Waals surface area contributed by atoms with Gasteiger partial charge in [-0.25, -0.2) is 0 Å². The Labute approximate surface area is 154 Å². The number of methoxy groups -OCH3 is 1. The molecule has 1 aliphatic rings. The largest absolute Gasteiger partial charge is 0.484 e. The SMILES string of the molecule is COCCN1CC(Cc2ccccc2)(c2cccc(OCC(N)=O)c2)C1. The third-order valence-corrected chi connectivity index (χ3v) is 4.88.